The van der Waals surface area contributed by atoms with Gasteiger partial charge in [0.2, 0.25) is 17.6 Å². The van der Waals surface area contributed by atoms with Gasteiger partial charge in [0, 0.05) is 20.0 Å². The molecule has 1 aliphatic rings. The molecule has 2 aromatic rings. The third-order valence-corrected chi connectivity index (χ3v) is 7.00. The molecule has 0 aromatic heterocycles. The molecule has 2 aromatic carbocycles. The van der Waals surface area contributed by atoms with Crippen molar-refractivity contribution in [2.24, 2.45) is 0 Å². The molecule has 1 saturated heterocycles. The maximum atomic E-state index is 13.4. The van der Waals surface area contributed by atoms with Gasteiger partial charge in [0.05, 0.1) is 21.3 Å². The zero-order valence-corrected chi connectivity index (χ0v) is 23.4. The first kappa shape index (κ1) is 28.8. The van der Waals surface area contributed by atoms with Gasteiger partial charge in [-0.15, -0.1) is 0 Å². The average molecular weight is 521 g/mol. The van der Waals surface area contributed by atoms with E-state index in [0.29, 0.717) is 30.2 Å². The van der Waals surface area contributed by atoms with Gasteiger partial charge in [-0.1, -0.05) is 68.3 Å². The molecular weight excluding hydrogens is 480 g/mol. The molecule has 2 amide bonds. The summed E-state index contributed by atoms with van der Waals surface area (Å²) in [6, 6.07) is 10.8. The third kappa shape index (κ3) is 6.57. The Morgan fingerprint density at radius 3 is 2.08 bits per heavy atom. The lowest BCUT2D eigenvalue weighted by molar-refractivity contribution is -0.158. The topological polar surface area (TPSA) is 68.3 Å². The van der Waals surface area contributed by atoms with E-state index in [4.69, 9.17) is 14.2 Å². The molecular formula is C31H40N2O5. The summed E-state index contributed by atoms with van der Waals surface area (Å²) in [5.41, 5.74) is 2.87. The summed E-state index contributed by atoms with van der Waals surface area (Å²) in [6.07, 6.45) is 11.9. The summed E-state index contributed by atoms with van der Waals surface area (Å²) < 4.78 is 16.4. The zero-order chi connectivity index (χ0) is 27.7. The maximum Gasteiger partial charge on any atom is 0.246 e. The van der Waals surface area contributed by atoms with E-state index in [1.807, 2.05) is 54.6 Å². The van der Waals surface area contributed by atoms with Crippen LogP contribution in [0.25, 0.3) is 11.1 Å². The van der Waals surface area contributed by atoms with Crippen molar-refractivity contribution < 1.29 is 23.8 Å². The zero-order valence-electron chi connectivity index (χ0n) is 23.4. The molecule has 0 aliphatic carbocycles. The number of hydrogen-bond acceptors (Lipinski definition) is 5. The molecule has 0 N–H and O–H groups in total. The lowest BCUT2D eigenvalue weighted by Crippen LogP contribution is -2.63. The smallest absolute Gasteiger partial charge is 0.246 e. The SMILES string of the molecule is CCCC/C=C/C=C/CN1C(=O)[C@H](Cc2ccc(-c3cc(OC)c(OC)c(OC)c3)cc2)N(C)C(=O)[C@@H]1C. The van der Waals surface area contributed by atoms with E-state index in [1.54, 1.807) is 45.1 Å². The number of unbranched alkanes of at least 4 members (excludes halogenated alkanes) is 2. The van der Waals surface area contributed by atoms with Gasteiger partial charge in [-0.2, -0.15) is 0 Å². The van der Waals surface area contributed by atoms with Crippen LogP contribution in [0.5, 0.6) is 17.2 Å². The first-order chi connectivity index (χ1) is 18.4. The van der Waals surface area contributed by atoms with E-state index >= 15 is 0 Å². The molecule has 0 spiro atoms. The van der Waals surface area contributed by atoms with Crippen molar-refractivity contribution in [1.29, 1.82) is 0 Å². The third-order valence-electron chi connectivity index (χ3n) is 7.00. The monoisotopic (exact) mass is 520 g/mol. The molecule has 7 nitrogen and oxygen atoms in total. The summed E-state index contributed by atoms with van der Waals surface area (Å²) in [4.78, 5) is 29.7. The van der Waals surface area contributed by atoms with Crippen LogP contribution in [-0.2, 0) is 16.0 Å². The van der Waals surface area contributed by atoms with Crippen molar-refractivity contribution in [3.8, 4) is 28.4 Å². The van der Waals surface area contributed by atoms with Gasteiger partial charge in [-0.05, 0) is 42.2 Å². The second kappa shape index (κ2) is 13.7. The van der Waals surface area contributed by atoms with E-state index in [1.165, 1.54) is 6.42 Å². The quantitative estimate of drug-likeness (QED) is 0.281. The molecule has 0 bridgehead atoms. The van der Waals surface area contributed by atoms with Crippen LogP contribution < -0.4 is 14.2 Å². The lowest BCUT2D eigenvalue weighted by atomic mass is 9.96. The fourth-order valence-corrected chi connectivity index (χ4v) is 4.66. The Morgan fingerprint density at radius 2 is 1.50 bits per heavy atom. The highest BCUT2D eigenvalue weighted by molar-refractivity contribution is 5.97. The van der Waals surface area contributed by atoms with Gasteiger partial charge in [0.1, 0.15) is 12.1 Å². The molecule has 38 heavy (non-hydrogen) atoms. The number of carbonyl (C=O) groups is 2. The Kier molecular flexibility index (Phi) is 10.4. The number of piperazine rings is 1. The van der Waals surface area contributed by atoms with Crippen LogP contribution in [0.15, 0.2) is 60.7 Å². The second-order valence-electron chi connectivity index (χ2n) is 9.45. The number of likely N-dealkylation sites (N-methyl/N-ethyl adjacent to an activating group) is 1. The van der Waals surface area contributed by atoms with Crippen LogP contribution in [0.2, 0.25) is 0 Å². The maximum absolute atomic E-state index is 13.4. The minimum Gasteiger partial charge on any atom is -0.493 e. The van der Waals surface area contributed by atoms with Crippen molar-refractivity contribution in [1.82, 2.24) is 9.80 Å². The van der Waals surface area contributed by atoms with Gasteiger partial charge >= 0.3 is 0 Å². The Hall–Kier alpha value is -3.74. The van der Waals surface area contributed by atoms with E-state index in [9.17, 15) is 9.59 Å². The van der Waals surface area contributed by atoms with Gasteiger partial charge in [-0.3, -0.25) is 9.59 Å². The van der Waals surface area contributed by atoms with Gasteiger partial charge in [0.15, 0.2) is 11.5 Å². The number of benzene rings is 2. The fourth-order valence-electron chi connectivity index (χ4n) is 4.66. The number of methoxy groups -OCH3 is 3. The molecule has 7 heteroatoms. The predicted molar refractivity (Wildman–Crippen MR) is 151 cm³/mol. The van der Waals surface area contributed by atoms with E-state index in [-0.39, 0.29) is 11.8 Å². The molecule has 1 heterocycles. The van der Waals surface area contributed by atoms with Crippen molar-refractivity contribution in [3.63, 3.8) is 0 Å². The molecule has 204 valence electrons. The summed E-state index contributed by atoms with van der Waals surface area (Å²) in [6.45, 7) is 4.37. The number of rotatable bonds is 12. The number of amides is 2. The first-order valence-corrected chi connectivity index (χ1v) is 13.1. The minimum absolute atomic E-state index is 0.0343. The standard InChI is InChI=1S/C31H40N2O5/c1-7-8-9-10-11-12-13-18-33-22(2)30(34)32(3)26(31(33)35)19-23-14-16-24(17-15-23)25-20-27(36-4)29(38-6)28(21-25)37-5/h10-17,20-22,26H,7-9,18-19H2,1-6H3/b11-10+,13-12+/t22-,26-/m0/s1. The summed E-state index contributed by atoms with van der Waals surface area (Å²) in [7, 11) is 6.48. The first-order valence-electron chi connectivity index (χ1n) is 13.1. The Bertz CT molecular complexity index is 1130. The largest absolute Gasteiger partial charge is 0.493 e. The van der Waals surface area contributed by atoms with Crippen LogP contribution >= 0.6 is 0 Å². The Balaban J connectivity index is 1.75. The Labute approximate surface area is 226 Å². The normalized spacial score (nSPS) is 18.1. The summed E-state index contributed by atoms with van der Waals surface area (Å²) >= 11 is 0. The lowest BCUT2D eigenvalue weighted by Gasteiger charge is -2.42. The van der Waals surface area contributed by atoms with Gasteiger partial charge < -0.3 is 24.0 Å². The summed E-state index contributed by atoms with van der Waals surface area (Å²) in [5.74, 6) is 1.63. The molecule has 1 fully saturated rings. The predicted octanol–water partition coefficient (Wildman–Crippen LogP) is 5.28. The second-order valence-corrected chi connectivity index (χ2v) is 9.45. The van der Waals surface area contributed by atoms with Gasteiger partial charge in [0.25, 0.3) is 0 Å². The van der Waals surface area contributed by atoms with Crippen molar-refractivity contribution >= 4 is 11.8 Å². The van der Waals surface area contributed by atoms with E-state index in [2.05, 4.69) is 13.0 Å². The number of carbonyl (C=O) groups excluding carboxylic acids is 2. The molecule has 1 aliphatic heterocycles. The number of allylic oxidation sites excluding steroid dienone is 3. The number of ether oxygens (including phenoxy) is 3. The fraction of sp³-hybridized carbons (Fsp3) is 0.419. The van der Waals surface area contributed by atoms with Crippen LogP contribution in [-0.4, -0.2) is 68.6 Å². The minimum atomic E-state index is -0.542. The van der Waals surface area contributed by atoms with Crippen molar-refractivity contribution in [2.45, 2.75) is 51.6 Å². The van der Waals surface area contributed by atoms with E-state index < -0.39 is 12.1 Å². The van der Waals surface area contributed by atoms with Crippen LogP contribution in [0, 0.1) is 0 Å². The van der Waals surface area contributed by atoms with Crippen LogP contribution in [0.4, 0.5) is 0 Å². The summed E-state index contributed by atoms with van der Waals surface area (Å²) in [5, 5.41) is 0. The highest BCUT2D eigenvalue weighted by atomic mass is 16.5. The van der Waals surface area contributed by atoms with Gasteiger partial charge in [-0.25, -0.2) is 0 Å². The average Bonchev–Trinajstić information content (AvgIpc) is 2.94. The van der Waals surface area contributed by atoms with E-state index in [0.717, 1.165) is 29.5 Å². The molecule has 0 unspecified atom stereocenters. The molecule has 3 rings (SSSR count). The molecule has 0 saturated carbocycles. The highest BCUT2D eigenvalue weighted by Gasteiger charge is 2.41. The number of hydrogen-bond donors (Lipinski definition) is 0. The highest BCUT2D eigenvalue weighted by Crippen LogP contribution is 2.41. The molecule has 2 atom stereocenters. The Morgan fingerprint density at radius 1 is 0.868 bits per heavy atom. The van der Waals surface area contributed by atoms with Crippen LogP contribution in [0.3, 0.4) is 0 Å². The molecule has 0 radical (unpaired) electrons. The van der Waals surface area contributed by atoms with Crippen molar-refractivity contribution in [3.05, 3.63) is 66.3 Å². The number of nitrogens with zero attached hydrogens (tertiary/aromatic N) is 2. The van der Waals surface area contributed by atoms with Crippen LogP contribution in [0.1, 0.15) is 38.7 Å². The van der Waals surface area contributed by atoms with Crippen molar-refractivity contribution in [2.75, 3.05) is 34.9 Å².